The molecule has 0 unspecified atom stereocenters. The summed E-state index contributed by atoms with van der Waals surface area (Å²) in [6, 6.07) is 17.1. The molecular weight excluding hydrogens is 244 g/mol. The van der Waals surface area contributed by atoms with E-state index in [1.165, 1.54) is 16.7 Å². The molecule has 0 atom stereocenters. The largest absolute Gasteiger partial charge is 0.493 e. The van der Waals surface area contributed by atoms with Crippen LogP contribution in [0.25, 0.3) is 0 Å². The van der Waals surface area contributed by atoms with Gasteiger partial charge in [-0.25, -0.2) is 0 Å². The SMILES string of the molecule is Cc1ccc(CCOc2ccc(C(C)(C)C)cc2)cc1. The molecule has 2 aromatic rings. The molecule has 2 rings (SSSR count). The van der Waals surface area contributed by atoms with E-state index in [4.69, 9.17) is 4.74 Å². The fraction of sp³-hybridized carbons (Fsp3) is 0.368. The first-order valence-electron chi connectivity index (χ1n) is 7.24. The summed E-state index contributed by atoms with van der Waals surface area (Å²) in [4.78, 5) is 0. The van der Waals surface area contributed by atoms with Crippen LogP contribution in [0.4, 0.5) is 0 Å². The van der Waals surface area contributed by atoms with Gasteiger partial charge in [0, 0.05) is 6.42 Å². The summed E-state index contributed by atoms with van der Waals surface area (Å²) >= 11 is 0. The standard InChI is InChI=1S/C19H24O/c1-15-5-7-16(8-6-15)13-14-20-18-11-9-17(10-12-18)19(2,3)4/h5-12H,13-14H2,1-4H3. The highest BCUT2D eigenvalue weighted by molar-refractivity contribution is 5.31. The molecule has 0 spiro atoms. The van der Waals surface area contributed by atoms with Crippen molar-refractivity contribution in [1.29, 1.82) is 0 Å². The quantitative estimate of drug-likeness (QED) is 0.765. The molecule has 1 heteroatoms. The van der Waals surface area contributed by atoms with Gasteiger partial charge in [-0.1, -0.05) is 62.7 Å². The molecule has 0 radical (unpaired) electrons. The Morgan fingerprint density at radius 2 is 1.45 bits per heavy atom. The van der Waals surface area contributed by atoms with E-state index in [-0.39, 0.29) is 5.41 Å². The average Bonchev–Trinajstić information content (AvgIpc) is 2.41. The number of hydrogen-bond acceptors (Lipinski definition) is 1. The van der Waals surface area contributed by atoms with Crippen LogP contribution >= 0.6 is 0 Å². The van der Waals surface area contributed by atoms with Crippen molar-refractivity contribution in [2.45, 2.75) is 39.5 Å². The highest BCUT2D eigenvalue weighted by Gasteiger charge is 2.12. The second-order valence-electron chi connectivity index (χ2n) is 6.36. The van der Waals surface area contributed by atoms with Gasteiger partial charge in [-0.05, 0) is 35.6 Å². The van der Waals surface area contributed by atoms with Crippen LogP contribution in [0.3, 0.4) is 0 Å². The van der Waals surface area contributed by atoms with Crippen LogP contribution in [0.1, 0.15) is 37.5 Å². The van der Waals surface area contributed by atoms with Crippen LogP contribution in [-0.2, 0) is 11.8 Å². The molecule has 20 heavy (non-hydrogen) atoms. The molecule has 0 saturated heterocycles. The summed E-state index contributed by atoms with van der Waals surface area (Å²) in [7, 11) is 0. The van der Waals surface area contributed by atoms with Crippen LogP contribution in [0.5, 0.6) is 5.75 Å². The molecular formula is C19H24O. The molecule has 0 bridgehead atoms. The van der Waals surface area contributed by atoms with Gasteiger partial charge in [0.2, 0.25) is 0 Å². The molecule has 0 heterocycles. The molecule has 106 valence electrons. The minimum atomic E-state index is 0.195. The summed E-state index contributed by atoms with van der Waals surface area (Å²) in [6.07, 6.45) is 0.946. The van der Waals surface area contributed by atoms with E-state index in [1.54, 1.807) is 0 Å². The van der Waals surface area contributed by atoms with Crippen molar-refractivity contribution in [2.24, 2.45) is 0 Å². The van der Waals surface area contributed by atoms with Crippen molar-refractivity contribution in [1.82, 2.24) is 0 Å². The van der Waals surface area contributed by atoms with Crippen LogP contribution in [-0.4, -0.2) is 6.61 Å². The van der Waals surface area contributed by atoms with Crippen LogP contribution in [0.15, 0.2) is 48.5 Å². The van der Waals surface area contributed by atoms with Crippen molar-refractivity contribution >= 4 is 0 Å². The van der Waals surface area contributed by atoms with E-state index in [1.807, 2.05) is 0 Å². The smallest absolute Gasteiger partial charge is 0.119 e. The zero-order chi connectivity index (χ0) is 14.6. The average molecular weight is 268 g/mol. The Bertz CT molecular complexity index is 529. The predicted molar refractivity (Wildman–Crippen MR) is 85.5 cm³/mol. The molecule has 0 aliphatic heterocycles. The van der Waals surface area contributed by atoms with Crippen LogP contribution < -0.4 is 4.74 Å². The van der Waals surface area contributed by atoms with E-state index in [0.717, 1.165) is 18.8 Å². The maximum atomic E-state index is 5.81. The molecule has 0 aliphatic rings. The van der Waals surface area contributed by atoms with Crippen LogP contribution in [0.2, 0.25) is 0 Å². The second kappa shape index (κ2) is 6.13. The maximum Gasteiger partial charge on any atom is 0.119 e. The van der Waals surface area contributed by atoms with Crippen molar-refractivity contribution < 1.29 is 4.74 Å². The summed E-state index contributed by atoms with van der Waals surface area (Å²) in [5.74, 6) is 0.949. The minimum absolute atomic E-state index is 0.195. The molecule has 1 nitrogen and oxygen atoms in total. The van der Waals surface area contributed by atoms with Gasteiger partial charge in [-0.2, -0.15) is 0 Å². The van der Waals surface area contributed by atoms with E-state index >= 15 is 0 Å². The second-order valence-corrected chi connectivity index (χ2v) is 6.36. The third kappa shape index (κ3) is 4.12. The molecule has 0 fully saturated rings. The Balaban J connectivity index is 1.87. The highest BCUT2D eigenvalue weighted by atomic mass is 16.5. The Morgan fingerprint density at radius 3 is 2.00 bits per heavy atom. The number of ether oxygens (including phenoxy) is 1. The van der Waals surface area contributed by atoms with E-state index in [0.29, 0.717) is 0 Å². The number of rotatable bonds is 4. The lowest BCUT2D eigenvalue weighted by Gasteiger charge is -2.19. The lowest BCUT2D eigenvalue weighted by Crippen LogP contribution is -2.10. The monoisotopic (exact) mass is 268 g/mol. The lowest BCUT2D eigenvalue weighted by molar-refractivity contribution is 0.321. The Labute approximate surface area is 122 Å². The third-order valence-corrected chi connectivity index (χ3v) is 3.50. The van der Waals surface area contributed by atoms with Gasteiger partial charge in [0.15, 0.2) is 0 Å². The number of aryl methyl sites for hydroxylation is 1. The van der Waals surface area contributed by atoms with Crippen molar-refractivity contribution in [3.05, 3.63) is 65.2 Å². The molecule has 0 aromatic heterocycles. The lowest BCUT2D eigenvalue weighted by atomic mass is 9.87. The predicted octanol–water partition coefficient (Wildman–Crippen LogP) is 4.91. The maximum absolute atomic E-state index is 5.81. The van der Waals surface area contributed by atoms with E-state index in [9.17, 15) is 0 Å². The Kier molecular flexibility index (Phi) is 4.49. The van der Waals surface area contributed by atoms with E-state index < -0.39 is 0 Å². The third-order valence-electron chi connectivity index (χ3n) is 3.50. The van der Waals surface area contributed by atoms with Gasteiger partial charge in [0.25, 0.3) is 0 Å². The van der Waals surface area contributed by atoms with Gasteiger partial charge >= 0.3 is 0 Å². The molecule has 0 aliphatic carbocycles. The summed E-state index contributed by atoms with van der Waals surface area (Å²) in [6.45, 7) is 9.50. The van der Waals surface area contributed by atoms with Crippen molar-refractivity contribution in [3.63, 3.8) is 0 Å². The topological polar surface area (TPSA) is 9.23 Å². The number of benzene rings is 2. The van der Waals surface area contributed by atoms with Crippen LogP contribution in [0, 0.1) is 6.92 Å². The van der Waals surface area contributed by atoms with Gasteiger partial charge in [-0.15, -0.1) is 0 Å². The normalized spacial score (nSPS) is 11.4. The first kappa shape index (κ1) is 14.6. The fourth-order valence-corrected chi connectivity index (χ4v) is 2.09. The molecule has 0 saturated carbocycles. The first-order valence-corrected chi connectivity index (χ1v) is 7.24. The molecule has 0 amide bonds. The zero-order valence-electron chi connectivity index (χ0n) is 12.9. The minimum Gasteiger partial charge on any atom is -0.493 e. The summed E-state index contributed by atoms with van der Waals surface area (Å²) in [5.41, 5.74) is 4.15. The van der Waals surface area contributed by atoms with Gasteiger partial charge in [0.1, 0.15) is 5.75 Å². The molecule has 2 aromatic carbocycles. The Hall–Kier alpha value is -1.76. The first-order chi connectivity index (χ1) is 9.45. The van der Waals surface area contributed by atoms with E-state index in [2.05, 4.69) is 76.2 Å². The van der Waals surface area contributed by atoms with Gasteiger partial charge < -0.3 is 4.74 Å². The van der Waals surface area contributed by atoms with Gasteiger partial charge in [-0.3, -0.25) is 0 Å². The Morgan fingerprint density at radius 1 is 0.850 bits per heavy atom. The zero-order valence-corrected chi connectivity index (χ0v) is 12.9. The van der Waals surface area contributed by atoms with Gasteiger partial charge in [0.05, 0.1) is 6.61 Å². The van der Waals surface area contributed by atoms with Crippen molar-refractivity contribution in [3.8, 4) is 5.75 Å². The highest BCUT2D eigenvalue weighted by Crippen LogP contribution is 2.24. The summed E-state index contributed by atoms with van der Waals surface area (Å²) < 4.78 is 5.81. The number of hydrogen-bond donors (Lipinski definition) is 0. The summed E-state index contributed by atoms with van der Waals surface area (Å²) in [5, 5.41) is 0. The molecule has 0 N–H and O–H groups in total. The van der Waals surface area contributed by atoms with Crippen molar-refractivity contribution in [2.75, 3.05) is 6.61 Å². The fourth-order valence-electron chi connectivity index (χ4n) is 2.09.